The number of rotatable bonds is 5. The van der Waals surface area contributed by atoms with Crippen molar-refractivity contribution in [2.45, 2.75) is 38.1 Å². The van der Waals surface area contributed by atoms with Crippen LogP contribution in [-0.2, 0) is 9.59 Å². The number of halogens is 1. The molecule has 21 heavy (non-hydrogen) atoms. The van der Waals surface area contributed by atoms with Crippen molar-refractivity contribution in [1.82, 2.24) is 4.90 Å². The second-order valence-electron chi connectivity index (χ2n) is 5.74. The van der Waals surface area contributed by atoms with E-state index in [1.54, 1.807) is 0 Å². The van der Waals surface area contributed by atoms with Crippen molar-refractivity contribution in [2.75, 3.05) is 12.3 Å². The highest BCUT2D eigenvalue weighted by molar-refractivity contribution is 9.10. The van der Waals surface area contributed by atoms with Gasteiger partial charge in [-0.3, -0.25) is 9.59 Å². The molecule has 0 aliphatic carbocycles. The highest BCUT2D eigenvalue weighted by Gasteiger charge is 2.28. The minimum absolute atomic E-state index is 0.169. The van der Waals surface area contributed by atoms with Gasteiger partial charge < -0.3 is 10.0 Å². The molecule has 0 heterocycles. The first-order valence-electron chi connectivity index (χ1n) is 6.52. The molecule has 0 saturated heterocycles. The molecule has 0 saturated carbocycles. The maximum atomic E-state index is 12.3. The average molecular weight is 374 g/mol. The van der Waals surface area contributed by atoms with Crippen molar-refractivity contribution < 1.29 is 14.7 Å². The van der Waals surface area contributed by atoms with E-state index in [4.69, 9.17) is 5.11 Å². The number of amides is 1. The summed E-state index contributed by atoms with van der Waals surface area (Å²) in [6, 6.07) is 5.88. The van der Waals surface area contributed by atoms with Crippen LogP contribution in [0, 0.1) is 6.92 Å². The molecule has 1 aromatic carbocycles. The van der Waals surface area contributed by atoms with Gasteiger partial charge in [0.1, 0.15) is 6.54 Å². The van der Waals surface area contributed by atoms with E-state index in [1.165, 1.54) is 16.7 Å². The van der Waals surface area contributed by atoms with Crippen LogP contribution in [0.15, 0.2) is 27.6 Å². The summed E-state index contributed by atoms with van der Waals surface area (Å²) in [6.07, 6.45) is 0. The molecule has 4 nitrogen and oxygen atoms in total. The number of carboxylic acids is 1. The van der Waals surface area contributed by atoms with E-state index in [-0.39, 0.29) is 18.2 Å². The Balaban J connectivity index is 2.76. The lowest BCUT2D eigenvalue weighted by Gasteiger charge is -2.34. The van der Waals surface area contributed by atoms with Crippen molar-refractivity contribution in [1.29, 1.82) is 0 Å². The number of thioether (sulfide) groups is 1. The number of carbonyl (C=O) groups is 2. The minimum Gasteiger partial charge on any atom is -0.480 e. The van der Waals surface area contributed by atoms with Gasteiger partial charge in [0.15, 0.2) is 0 Å². The van der Waals surface area contributed by atoms with Gasteiger partial charge in [0.25, 0.3) is 0 Å². The monoisotopic (exact) mass is 373 g/mol. The summed E-state index contributed by atoms with van der Waals surface area (Å²) < 4.78 is 0.998. The lowest BCUT2D eigenvalue weighted by molar-refractivity contribution is -0.146. The van der Waals surface area contributed by atoms with Gasteiger partial charge in [-0.05, 0) is 51.5 Å². The quantitative estimate of drug-likeness (QED) is 0.801. The van der Waals surface area contributed by atoms with Crippen LogP contribution in [0.25, 0.3) is 0 Å². The molecule has 0 unspecified atom stereocenters. The molecule has 1 aromatic rings. The average Bonchev–Trinajstić information content (AvgIpc) is 2.33. The van der Waals surface area contributed by atoms with Gasteiger partial charge in [-0.2, -0.15) is 0 Å². The molecule has 0 aliphatic heterocycles. The summed E-state index contributed by atoms with van der Waals surface area (Å²) in [4.78, 5) is 25.7. The molecule has 0 aromatic heterocycles. The Kier molecular flexibility index (Phi) is 6.28. The number of carbonyl (C=O) groups excluding carboxylic acids is 1. The standard InChI is InChI=1S/C15H20BrNO3S/c1-10-7-11(16)5-6-12(10)21-9-13(18)17(8-14(19)20)15(2,3)4/h5-7H,8-9H2,1-4H3,(H,19,20). The summed E-state index contributed by atoms with van der Waals surface area (Å²) in [7, 11) is 0. The van der Waals surface area contributed by atoms with Crippen molar-refractivity contribution in [3.05, 3.63) is 28.2 Å². The van der Waals surface area contributed by atoms with Gasteiger partial charge in [0.2, 0.25) is 5.91 Å². The molecule has 0 fully saturated rings. The summed E-state index contributed by atoms with van der Waals surface area (Å²) in [5.74, 6) is -0.937. The summed E-state index contributed by atoms with van der Waals surface area (Å²) >= 11 is 4.83. The van der Waals surface area contributed by atoms with E-state index < -0.39 is 11.5 Å². The Morgan fingerprint density at radius 3 is 2.43 bits per heavy atom. The third-order valence-corrected chi connectivity index (χ3v) is 4.55. The topological polar surface area (TPSA) is 57.6 Å². The lowest BCUT2D eigenvalue weighted by atomic mass is 10.1. The third-order valence-electron chi connectivity index (χ3n) is 2.89. The fourth-order valence-electron chi connectivity index (χ4n) is 1.83. The fraction of sp³-hybridized carbons (Fsp3) is 0.467. The Labute approximate surface area is 138 Å². The molecule has 1 rings (SSSR count). The number of aryl methyl sites for hydroxylation is 1. The Morgan fingerprint density at radius 2 is 1.95 bits per heavy atom. The van der Waals surface area contributed by atoms with Crippen LogP contribution in [0.4, 0.5) is 0 Å². The molecule has 116 valence electrons. The van der Waals surface area contributed by atoms with E-state index >= 15 is 0 Å². The molecule has 0 radical (unpaired) electrons. The van der Waals surface area contributed by atoms with E-state index in [0.29, 0.717) is 0 Å². The first kappa shape index (κ1) is 18.0. The first-order valence-corrected chi connectivity index (χ1v) is 8.30. The minimum atomic E-state index is -0.997. The van der Waals surface area contributed by atoms with Gasteiger partial charge in [-0.1, -0.05) is 15.9 Å². The zero-order chi connectivity index (χ0) is 16.2. The van der Waals surface area contributed by atoms with Gasteiger partial charge >= 0.3 is 5.97 Å². The molecular weight excluding hydrogens is 354 g/mol. The van der Waals surface area contributed by atoms with Crippen LogP contribution in [0.2, 0.25) is 0 Å². The normalized spacial score (nSPS) is 11.3. The van der Waals surface area contributed by atoms with E-state index in [0.717, 1.165) is 14.9 Å². The van der Waals surface area contributed by atoms with Crippen LogP contribution in [0.3, 0.4) is 0 Å². The van der Waals surface area contributed by atoms with Crippen molar-refractivity contribution in [3.63, 3.8) is 0 Å². The van der Waals surface area contributed by atoms with E-state index in [9.17, 15) is 9.59 Å². The van der Waals surface area contributed by atoms with Gasteiger partial charge in [-0.25, -0.2) is 0 Å². The van der Waals surface area contributed by atoms with Crippen LogP contribution in [0.5, 0.6) is 0 Å². The number of aliphatic carboxylic acids is 1. The Morgan fingerprint density at radius 1 is 1.33 bits per heavy atom. The second kappa shape index (κ2) is 7.31. The van der Waals surface area contributed by atoms with Gasteiger partial charge in [0.05, 0.1) is 5.75 Å². The van der Waals surface area contributed by atoms with Gasteiger partial charge in [-0.15, -0.1) is 11.8 Å². The third kappa shape index (κ3) is 5.71. The SMILES string of the molecule is Cc1cc(Br)ccc1SCC(=O)N(CC(=O)O)C(C)(C)C. The fourth-order valence-corrected chi connectivity index (χ4v) is 3.19. The predicted molar refractivity (Wildman–Crippen MR) is 88.7 cm³/mol. The van der Waals surface area contributed by atoms with Crippen molar-refractivity contribution in [2.24, 2.45) is 0 Å². The summed E-state index contributed by atoms with van der Waals surface area (Å²) in [6.45, 7) is 7.22. The maximum Gasteiger partial charge on any atom is 0.323 e. The highest BCUT2D eigenvalue weighted by atomic mass is 79.9. The number of hydrogen-bond donors (Lipinski definition) is 1. The smallest absolute Gasteiger partial charge is 0.323 e. The lowest BCUT2D eigenvalue weighted by Crippen LogP contribution is -2.49. The van der Waals surface area contributed by atoms with E-state index in [2.05, 4.69) is 15.9 Å². The number of hydrogen-bond acceptors (Lipinski definition) is 3. The van der Waals surface area contributed by atoms with Gasteiger partial charge in [0, 0.05) is 14.9 Å². The van der Waals surface area contributed by atoms with Crippen molar-refractivity contribution in [3.8, 4) is 0 Å². The molecule has 0 spiro atoms. The largest absolute Gasteiger partial charge is 0.480 e. The molecule has 0 aliphatic rings. The Bertz CT molecular complexity index is 540. The molecule has 0 atom stereocenters. The number of nitrogens with zero attached hydrogens (tertiary/aromatic N) is 1. The van der Waals surface area contributed by atoms with Crippen LogP contribution in [0.1, 0.15) is 26.3 Å². The highest BCUT2D eigenvalue weighted by Crippen LogP contribution is 2.26. The molecule has 1 amide bonds. The summed E-state index contributed by atoms with van der Waals surface area (Å²) in [5.41, 5.74) is 0.577. The number of benzene rings is 1. The van der Waals surface area contributed by atoms with Crippen LogP contribution in [-0.4, -0.2) is 39.7 Å². The molecule has 0 bridgehead atoms. The molecule has 6 heteroatoms. The first-order chi connectivity index (χ1) is 9.61. The molecular formula is C15H20BrNO3S. The zero-order valence-electron chi connectivity index (χ0n) is 12.6. The second-order valence-corrected chi connectivity index (χ2v) is 7.68. The Hall–Kier alpha value is -1.01. The van der Waals surface area contributed by atoms with Crippen LogP contribution >= 0.6 is 27.7 Å². The van der Waals surface area contributed by atoms with E-state index in [1.807, 2.05) is 45.9 Å². The zero-order valence-corrected chi connectivity index (χ0v) is 15.0. The maximum absolute atomic E-state index is 12.3. The predicted octanol–water partition coefficient (Wildman–Crippen LogP) is 3.56. The molecule has 1 N–H and O–H groups in total. The summed E-state index contributed by atoms with van der Waals surface area (Å²) in [5, 5.41) is 8.95. The van der Waals surface area contributed by atoms with Crippen molar-refractivity contribution >= 4 is 39.6 Å². The van der Waals surface area contributed by atoms with Crippen LogP contribution < -0.4 is 0 Å². The number of carboxylic acid groups (broad SMARTS) is 1.